The first kappa shape index (κ1) is 74.4. The maximum absolute atomic E-state index is 13.2. The van der Waals surface area contributed by atoms with Crippen molar-refractivity contribution in [1.82, 2.24) is 53.8 Å². The van der Waals surface area contributed by atoms with Gasteiger partial charge in [-0.25, -0.2) is 0 Å². The number of methoxy groups -OCH3 is 1. The largest absolute Gasteiger partial charge is 0.433 e. The van der Waals surface area contributed by atoms with Crippen LogP contribution in [0.2, 0.25) is 0 Å². The van der Waals surface area contributed by atoms with Gasteiger partial charge < -0.3 is 20.5 Å². The van der Waals surface area contributed by atoms with Gasteiger partial charge in [-0.1, -0.05) is 45.4 Å². The summed E-state index contributed by atoms with van der Waals surface area (Å²) in [5, 5.41) is 23.2. The Balaban J connectivity index is 0.000000175. The number of carbonyl (C=O) groups excluding carboxylic acids is 2. The highest BCUT2D eigenvalue weighted by Crippen LogP contribution is 2.57. The van der Waals surface area contributed by atoms with E-state index in [0.29, 0.717) is 71.8 Å². The number of nitrogens with one attached hydrogen (secondary N) is 1. The molecule has 92 heavy (non-hydrogen) atoms. The Morgan fingerprint density at radius 3 is 1.63 bits per heavy atom. The van der Waals surface area contributed by atoms with Gasteiger partial charge in [0.05, 0.1) is 42.8 Å². The fourth-order valence-corrected chi connectivity index (χ4v) is 12.0. The van der Waals surface area contributed by atoms with E-state index in [1.165, 1.54) is 48.0 Å². The molecule has 3 aliphatic heterocycles. The second-order valence-corrected chi connectivity index (χ2v) is 26.9. The van der Waals surface area contributed by atoms with Crippen LogP contribution in [-0.2, 0) is 84.2 Å². The highest BCUT2D eigenvalue weighted by molar-refractivity contribution is 6.04. The van der Waals surface area contributed by atoms with Gasteiger partial charge >= 0.3 is 12.4 Å². The molecule has 512 valence electrons. The quantitative estimate of drug-likeness (QED) is 0.106. The van der Waals surface area contributed by atoms with Gasteiger partial charge in [0.25, 0.3) is 17.8 Å². The molecule has 11 rings (SSSR count). The Bertz CT molecular complexity index is 3520. The number of aromatic nitrogens is 10. The first-order valence-electron chi connectivity index (χ1n) is 31.3. The third-order valence-electron chi connectivity index (χ3n) is 16.0. The van der Waals surface area contributed by atoms with Crippen LogP contribution in [-0.4, -0.2) is 79.8 Å². The number of aryl methyl sites for hydroxylation is 2. The molecule has 3 atom stereocenters. The number of fused-ring (bicyclic) bond motifs is 6. The van der Waals surface area contributed by atoms with E-state index in [2.05, 4.69) is 98.3 Å². The average Bonchev–Trinajstić information content (AvgIpc) is 1.56. The minimum absolute atomic E-state index is 0.0108. The summed E-state index contributed by atoms with van der Waals surface area (Å²) in [7, 11) is 3.32. The second kappa shape index (κ2) is 28.9. The van der Waals surface area contributed by atoms with Gasteiger partial charge in [0.1, 0.15) is 22.8 Å². The molecule has 1 saturated carbocycles. The summed E-state index contributed by atoms with van der Waals surface area (Å²) >= 11 is 0. The second-order valence-electron chi connectivity index (χ2n) is 26.9. The molecule has 5 aliphatic rings. The van der Waals surface area contributed by atoms with Crippen LogP contribution in [0.5, 0.6) is 0 Å². The van der Waals surface area contributed by atoms with Gasteiger partial charge in [-0.05, 0) is 156 Å². The summed E-state index contributed by atoms with van der Waals surface area (Å²) in [5.41, 5.74) is 14.4. The molecule has 0 bridgehead atoms. The number of rotatable bonds is 13. The number of benzene rings is 1. The first-order valence-corrected chi connectivity index (χ1v) is 31.3. The molecular formula is C65H93F10N13O4. The van der Waals surface area contributed by atoms with E-state index in [4.69, 9.17) is 15.2 Å². The Kier molecular flexibility index (Phi) is 23.4. The molecule has 8 heterocycles. The van der Waals surface area contributed by atoms with Gasteiger partial charge in [-0.3, -0.25) is 37.9 Å². The van der Waals surface area contributed by atoms with E-state index in [9.17, 15) is 53.5 Å². The summed E-state index contributed by atoms with van der Waals surface area (Å²) in [6.45, 7) is 34.1. The molecule has 0 saturated heterocycles. The number of nitrogens with two attached hydrogens (primary N) is 1. The maximum Gasteiger partial charge on any atom is 0.433 e. The third-order valence-corrected chi connectivity index (χ3v) is 16.0. The van der Waals surface area contributed by atoms with Crippen LogP contribution in [0.25, 0.3) is 0 Å². The van der Waals surface area contributed by atoms with Gasteiger partial charge in [0, 0.05) is 98.0 Å². The van der Waals surface area contributed by atoms with Crippen LogP contribution >= 0.6 is 0 Å². The fraction of sp³-hybridized carbons (Fsp3) is 0.646. The number of hydrogen-bond donors (Lipinski definition) is 2. The number of ether oxygens (including phenoxy) is 2. The Labute approximate surface area is 533 Å². The topological polar surface area (TPSA) is 183 Å². The van der Waals surface area contributed by atoms with Crippen molar-refractivity contribution in [2.75, 3.05) is 19.5 Å². The monoisotopic (exact) mass is 1310 g/mol. The van der Waals surface area contributed by atoms with Crippen LogP contribution in [0.4, 0.5) is 49.6 Å². The molecule has 0 radical (unpaired) electrons. The molecule has 3 N–H and O–H groups in total. The fourth-order valence-electron chi connectivity index (χ4n) is 12.0. The number of anilines is 1. The number of carbonyl (C=O) groups is 2. The van der Waals surface area contributed by atoms with Crippen molar-refractivity contribution >= 4 is 17.5 Å². The van der Waals surface area contributed by atoms with E-state index in [0.717, 1.165) is 58.9 Å². The number of nitrogens with zero attached hydrogens (tertiary/aromatic N) is 11. The van der Waals surface area contributed by atoms with Crippen LogP contribution in [0, 0.1) is 31.6 Å². The first-order chi connectivity index (χ1) is 42.4. The molecule has 17 nitrogen and oxygen atoms in total. The van der Waals surface area contributed by atoms with E-state index in [1.54, 1.807) is 44.1 Å². The van der Waals surface area contributed by atoms with Crippen LogP contribution in [0.15, 0.2) is 24.3 Å². The lowest BCUT2D eigenvalue weighted by molar-refractivity contribution is -0.146. The van der Waals surface area contributed by atoms with Gasteiger partial charge in [-0.2, -0.15) is 69.4 Å². The van der Waals surface area contributed by atoms with E-state index in [-0.39, 0.29) is 72.1 Å². The van der Waals surface area contributed by atoms with Crippen LogP contribution in [0.1, 0.15) is 254 Å². The molecule has 2 aliphatic carbocycles. The lowest BCUT2D eigenvalue weighted by Crippen LogP contribution is -2.20. The summed E-state index contributed by atoms with van der Waals surface area (Å²) in [4.78, 5) is 25.0. The van der Waals surface area contributed by atoms with E-state index < -0.39 is 35.6 Å². The minimum atomic E-state index is -4.36. The zero-order valence-electron chi connectivity index (χ0n) is 56.6. The molecule has 5 aromatic heterocycles. The highest BCUT2D eigenvalue weighted by atomic mass is 19.4. The number of alkyl halides is 10. The van der Waals surface area contributed by atoms with Crippen molar-refractivity contribution in [3.8, 4) is 0 Å². The van der Waals surface area contributed by atoms with Crippen LogP contribution in [0.3, 0.4) is 0 Å². The standard InChI is InChI=1S/C13H17NO.C12H20F2N2.C11H15N3O.C10H14F3N3.C10H16F2N2O.C9H11F3N2O/c1-7(2)11-10-6-8(3)5-9(4)12(10)14-13(11)15;1-8(2)6-10-7-11(12(5,13)14)15-16(10)9(3)4;1-5(2)14-8-4-6-3-7(6)9(8)10(13-14)11(12)15;1-6(2)16-9(10(11,12)13)7-4-15(3)5-8(7)14-16;1-7(2)14-8(6-15-4)5-9(13-14)10(3,11)12;1-5(2)14-8(9(10,11)12)6-3-15-4-7(6)13-14/h5-7,11H,1-4H3,(H,14,15);7-9H,6H2,1-5H3;5-7H,3-4H2,1-2H3,(H2,12,15);6H,4-5H2,1-3H3;5,7H,6H2,1-4H3;5H,3-4H2,1-2H3. The average molecular weight is 1310 g/mol. The molecule has 2 amide bonds. The smallest absolute Gasteiger partial charge is 0.378 e. The molecular weight excluding hydrogens is 1220 g/mol. The van der Waals surface area contributed by atoms with Crippen molar-refractivity contribution in [3.05, 3.63) is 115 Å². The molecule has 1 fully saturated rings. The summed E-state index contributed by atoms with van der Waals surface area (Å²) < 4.78 is 147. The van der Waals surface area contributed by atoms with Gasteiger partial charge in [0.2, 0.25) is 5.91 Å². The number of hydrogen-bond acceptors (Lipinski definition) is 10. The minimum Gasteiger partial charge on any atom is -0.378 e. The predicted octanol–water partition coefficient (Wildman–Crippen LogP) is 15.7. The molecule has 27 heteroatoms. The highest BCUT2D eigenvalue weighted by Gasteiger charge is 2.50. The summed E-state index contributed by atoms with van der Waals surface area (Å²) in [6.07, 6.45) is -5.61. The van der Waals surface area contributed by atoms with Crippen molar-refractivity contribution in [2.24, 2.45) is 23.5 Å². The Morgan fingerprint density at radius 2 is 1.16 bits per heavy atom. The predicted molar refractivity (Wildman–Crippen MR) is 330 cm³/mol. The lowest BCUT2D eigenvalue weighted by Gasteiger charge is -2.16. The van der Waals surface area contributed by atoms with Gasteiger partial charge in [-0.15, -0.1) is 0 Å². The van der Waals surface area contributed by atoms with E-state index >= 15 is 0 Å². The maximum atomic E-state index is 13.2. The van der Waals surface area contributed by atoms with Crippen molar-refractivity contribution in [3.63, 3.8) is 0 Å². The zero-order valence-corrected chi connectivity index (χ0v) is 56.6. The van der Waals surface area contributed by atoms with Gasteiger partial charge in [0.15, 0.2) is 5.69 Å². The molecule has 6 aromatic rings. The van der Waals surface area contributed by atoms with Crippen molar-refractivity contribution < 1.29 is 63.0 Å². The number of primary amides is 1. The molecule has 3 unspecified atom stereocenters. The zero-order chi connectivity index (χ0) is 69.3. The Hall–Kier alpha value is -6.61. The molecule has 1 aromatic carbocycles. The normalized spacial score (nSPS) is 17.4. The van der Waals surface area contributed by atoms with Crippen molar-refractivity contribution in [2.45, 2.75) is 243 Å². The SMILES string of the molecule is CC(C)Cc1cc(C(C)(F)F)nn1C(C)C.CC(C)n1nc(C(N)=O)c2c1CC1CC21.CC(C)n1nc2c(c1C(F)(F)F)CN(C)C2.CC(C)n1nc2c(c1C(F)(F)F)COC2.COCc1cc(C(C)(F)F)nn1C(C)C.Cc1cc(C)c2c(c1)C(C(C)C)C(=O)N2. The summed E-state index contributed by atoms with van der Waals surface area (Å²) in [5.74, 6) is -3.82. The number of amides is 2. The van der Waals surface area contributed by atoms with E-state index in [1.807, 2.05) is 37.3 Å². The molecule has 0 spiro atoms. The number of halogens is 10. The third kappa shape index (κ3) is 17.4. The lowest BCUT2D eigenvalue weighted by atomic mass is 9.88. The summed E-state index contributed by atoms with van der Waals surface area (Å²) in [6, 6.07) is 7.07. The van der Waals surface area contributed by atoms with Crippen LogP contribution < -0.4 is 11.1 Å². The Morgan fingerprint density at radius 1 is 0.663 bits per heavy atom. The van der Waals surface area contributed by atoms with Crippen molar-refractivity contribution in [1.29, 1.82) is 0 Å².